The van der Waals surface area contributed by atoms with E-state index in [-0.39, 0.29) is 5.91 Å². The lowest BCUT2D eigenvalue weighted by atomic mass is 9.88. The van der Waals surface area contributed by atoms with E-state index in [2.05, 4.69) is 6.58 Å². The Morgan fingerprint density at radius 1 is 1.73 bits per heavy atom. The van der Waals surface area contributed by atoms with Gasteiger partial charge in [-0.2, -0.15) is 0 Å². The maximum atomic E-state index is 11.2. The molecule has 0 aromatic rings. The summed E-state index contributed by atoms with van der Waals surface area (Å²) in [5.41, 5.74) is -0.550. The van der Waals surface area contributed by atoms with Gasteiger partial charge in [-0.25, -0.2) is 5.06 Å². The Morgan fingerprint density at radius 2 is 2.18 bits per heavy atom. The van der Waals surface area contributed by atoms with E-state index in [4.69, 9.17) is 5.21 Å². The number of rotatable bonds is 3. The molecule has 0 heterocycles. The fourth-order valence-corrected chi connectivity index (χ4v) is 0.886. The Bertz CT molecular complexity index is 161. The van der Waals surface area contributed by atoms with Gasteiger partial charge >= 0.3 is 0 Å². The molecule has 0 aromatic carbocycles. The molecule has 0 bridgehead atoms. The van der Waals surface area contributed by atoms with Gasteiger partial charge in [-0.05, 0) is 6.42 Å². The summed E-state index contributed by atoms with van der Waals surface area (Å²) in [5.74, 6) is -0.294. The third-order valence-electron chi connectivity index (χ3n) is 1.53. The Labute approximate surface area is 67.3 Å². The van der Waals surface area contributed by atoms with E-state index in [1.807, 2.05) is 0 Å². The van der Waals surface area contributed by atoms with E-state index in [0.717, 1.165) is 0 Å². The lowest BCUT2D eigenvalue weighted by Gasteiger charge is -2.23. The monoisotopic (exact) mass is 157 g/mol. The normalized spacial score (nSPS) is 10.9. The SMILES string of the molecule is C=CCC(C)(C)C(=O)N(C)O. The van der Waals surface area contributed by atoms with E-state index in [9.17, 15) is 4.79 Å². The third kappa shape index (κ3) is 2.72. The zero-order chi connectivity index (χ0) is 9.07. The smallest absolute Gasteiger partial charge is 0.251 e. The van der Waals surface area contributed by atoms with Gasteiger partial charge < -0.3 is 0 Å². The van der Waals surface area contributed by atoms with Gasteiger partial charge in [0.1, 0.15) is 0 Å². The number of hydrogen-bond donors (Lipinski definition) is 1. The molecule has 0 spiro atoms. The second kappa shape index (κ2) is 3.53. The fourth-order valence-electron chi connectivity index (χ4n) is 0.886. The van der Waals surface area contributed by atoms with Crippen molar-refractivity contribution in [1.82, 2.24) is 5.06 Å². The van der Waals surface area contributed by atoms with Crippen molar-refractivity contribution in [2.75, 3.05) is 7.05 Å². The molecule has 0 fully saturated rings. The van der Waals surface area contributed by atoms with Crippen LogP contribution in [0.3, 0.4) is 0 Å². The van der Waals surface area contributed by atoms with Crippen molar-refractivity contribution in [2.45, 2.75) is 20.3 Å². The Hall–Kier alpha value is -0.830. The largest absolute Gasteiger partial charge is 0.286 e. The number of allylic oxidation sites excluding steroid dienone is 1. The Morgan fingerprint density at radius 3 is 2.45 bits per heavy atom. The summed E-state index contributed by atoms with van der Waals surface area (Å²) in [6, 6.07) is 0. The van der Waals surface area contributed by atoms with Gasteiger partial charge in [0.05, 0.1) is 0 Å². The maximum absolute atomic E-state index is 11.2. The Kier molecular flexibility index (Phi) is 3.26. The second-order valence-electron chi connectivity index (χ2n) is 3.21. The highest BCUT2D eigenvalue weighted by Gasteiger charge is 2.28. The summed E-state index contributed by atoms with van der Waals surface area (Å²) in [6.07, 6.45) is 2.23. The number of nitrogens with zero attached hydrogens (tertiary/aromatic N) is 1. The van der Waals surface area contributed by atoms with E-state index in [1.54, 1.807) is 19.9 Å². The molecule has 0 rings (SSSR count). The summed E-state index contributed by atoms with van der Waals surface area (Å²) in [5, 5.41) is 9.45. The van der Waals surface area contributed by atoms with Crippen LogP contribution in [0.25, 0.3) is 0 Å². The number of hydrogen-bond acceptors (Lipinski definition) is 2. The highest BCUT2D eigenvalue weighted by Crippen LogP contribution is 2.22. The van der Waals surface area contributed by atoms with Crippen molar-refractivity contribution >= 4 is 5.91 Å². The van der Waals surface area contributed by atoms with E-state index in [1.165, 1.54) is 7.05 Å². The van der Waals surface area contributed by atoms with Crippen LogP contribution < -0.4 is 0 Å². The van der Waals surface area contributed by atoms with Crippen molar-refractivity contribution in [1.29, 1.82) is 0 Å². The second-order valence-corrected chi connectivity index (χ2v) is 3.21. The number of amides is 1. The maximum Gasteiger partial charge on any atom is 0.251 e. The quantitative estimate of drug-likeness (QED) is 0.382. The molecule has 0 saturated heterocycles. The summed E-state index contributed by atoms with van der Waals surface area (Å²) in [7, 11) is 1.33. The first kappa shape index (κ1) is 10.2. The van der Waals surface area contributed by atoms with Gasteiger partial charge in [0.2, 0.25) is 0 Å². The van der Waals surface area contributed by atoms with Crippen LogP contribution in [0.4, 0.5) is 0 Å². The molecule has 0 atom stereocenters. The molecule has 0 saturated carbocycles. The minimum Gasteiger partial charge on any atom is -0.286 e. The van der Waals surface area contributed by atoms with E-state index in [0.29, 0.717) is 11.5 Å². The average Bonchev–Trinajstić information content (AvgIpc) is 1.86. The zero-order valence-electron chi connectivity index (χ0n) is 7.29. The van der Waals surface area contributed by atoms with Crippen LogP contribution >= 0.6 is 0 Å². The molecule has 0 aliphatic rings. The number of hydroxylamine groups is 2. The zero-order valence-corrected chi connectivity index (χ0v) is 7.29. The van der Waals surface area contributed by atoms with Gasteiger partial charge in [-0.1, -0.05) is 19.9 Å². The molecule has 3 heteroatoms. The van der Waals surface area contributed by atoms with Crippen LogP contribution in [-0.4, -0.2) is 23.2 Å². The van der Waals surface area contributed by atoms with Crippen LogP contribution in [0.5, 0.6) is 0 Å². The molecule has 3 nitrogen and oxygen atoms in total. The van der Waals surface area contributed by atoms with Crippen LogP contribution in [0, 0.1) is 5.41 Å². The van der Waals surface area contributed by atoms with Gasteiger partial charge in [0, 0.05) is 12.5 Å². The van der Waals surface area contributed by atoms with Crippen molar-refractivity contribution in [3.05, 3.63) is 12.7 Å². The lowest BCUT2D eigenvalue weighted by molar-refractivity contribution is -0.169. The summed E-state index contributed by atoms with van der Waals surface area (Å²) in [6.45, 7) is 7.07. The molecule has 64 valence electrons. The highest BCUT2D eigenvalue weighted by molar-refractivity contribution is 5.80. The predicted molar refractivity (Wildman–Crippen MR) is 43.2 cm³/mol. The summed E-state index contributed by atoms with van der Waals surface area (Å²) >= 11 is 0. The van der Waals surface area contributed by atoms with Crippen LogP contribution in [0.1, 0.15) is 20.3 Å². The van der Waals surface area contributed by atoms with Gasteiger partial charge in [-0.3, -0.25) is 10.0 Å². The molecular formula is C8H15NO2. The summed E-state index contributed by atoms with van der Waals surface area (Å²) in [4.78, 5) is 11.2. The molecule has 0 aliphatic heterocycles. The Balaban J connectivity index is 4.28. The first-order valence-electron chi connectivity index (χ1n) is 3.49. The number of carbonyl (C=O) groups excluding carboxylic acids is 1. The van der Waals surface area contributed by atoms with Crippen molar-refractivity contribution in [2.24, 2.45) is 5.41 Å². The van der Waals surface area contributed by atoms with Gasteiger partial charge in [0.25, 0.3) is 5.91 Å². The molecule has 0 radical (unpaired) electrons. The van der Waals surface area contributed by atoms with Crippen molar-refractivity contribution in [3.63, 3.8) is 0 Å². The molecule has 0 aromatic heterocycles. The molecule has 0 aliphatic carbocycles. The minimum atomic E-state index is -0.550. The van der Waals surface area contributed by atoms with E-state index >= 15 is 0 Å². The van der Waals surface area contributed by atoms with Gasteiger partial charge in [-0.15, -0.1) is 6.58 Å². The molecule has 1 N–H and O–H groups in total. The van der Waals surface area contributed by atoms with E-state index < -0.39 is 5.41 Å². The predicted octanol–water partition coefficient (Wildman–Crippen LogP) is 1.44. The van der Waals surface area contributed by atoms with Crippen LogP contribution in [-0.2, 0) is 4.79 Å². The standard InChI is InChI=1S/C8H15NO2/c1-5-6-8(2,3)7(10)9(4)11/h5,11H,1,6H2,2-4H3. The fraction of sp³-hybridized carbons (Fsp3) is 0.625. The molecule has 1 amide bonds. The average molecular weight is 157 g/mol. The molecule has 11 heavy (non-hydrogen) atoms. The van der Waals surface area contributed by atoms with Crippen LogP contribution in [0.15, 0.2) is 12.7 Å². The topological polar surface area (TPSA) is 40.5 Å². The summed E-state index contributed by atoms with van der Waals surface area (Å²) < 4.78 is 0. The first-order chi connectivity index (χ1) is 4.91. The lowest BCUT2D eigenvalue weighted by Crippen LogP contribution is -2.35. The minimum absolute atomic E-state index is 0.294. The van der Waals surface area contributed by atoms with Crippen molar-refractivity contribution < 1.29 is 10.0 Å². The van der Waals surface area contributed by atoms with Gasteiger partial charge in [0.15, 0.2) is 0 Å². The highest BCUT2D eigenvalue weighted by atomic mass is 16.5. The van der Waals surface area contributed by atoms with Crippen molar-refractivity contribution in [3.8, 4) is 0 Å². The number of carbonyl (C=O) groups is 1. The molecule has 0 unspecified atom stereocenters. The molecular weight excluding hydrogens is 142 g/mol. The third-order valence-corrected chi connectivity index (χ3v) is 1.53. The van der Waals surface area contributed by atoms with Crippen LogP contribution in [0.2, 0.25) is 0 Å². The first-order valence-corrected chi connectivity index (χ1v) is 3.49.